The highest BCUT2D eigenvalue weighted by molar-refractivity contribution is 5.77. The van der Waals surface area contributed by atoms with Crippen molar-refractivity contribution in [1.29, 1.82) is 5.26 Å². The molecule has 0 heterocycles. The minimum absolute atomic E-state index is 0.157. The Kier molecular flexibility index (Phi) is 3.33. The van der Waals surface area contributed by atoms with Crippen LogP contribution in [0, 0.1) is 11.3 Å². The van der Waals surface area contributed by atoms with E-state index in [1.54, 1.807) is 6.07 Å². The summed E-state index contributed by atoms with van der Waals surface area (Å²) in [5, 5.41) is 36.7. The average molecular weight is 223 g/mol. The lowest BCUT2D eigenvalue weighted by atomic mass is 10.0. The number of phenols is 2. The summed E-state index contributed by atoms with van der Waals surface area (Å²) in [4.78, 5) is 11.0. The third kappa shape index (κ3) is 2.04. The maximum absolute atomic E-state index is 11.0. The number of phenolic OH excluding ortho intramolecular Hbond substituents is 2. The fourth-order valence-electron chi connectivity index (χ4n) is 1.14. The molecule has 0 aliphatic carbocycles. The Bertz CT molecular complexity index is 463. The van der Waals surface area contributed by atoms with E-state index in [-0.39, 0.29) is 11.1 Å². The number of carbonyl (C=O) groups is 1. The van der Waals surface area contributed by atoms with Crippen LogP contribution < -0.4 is 0 Å². The number of benzene rings is 1. The summed E-state index contributed by atoms with van der Waals surface area (Å²) in [7, 11) is 1.08. The molecule has 1 atom stereocenters. The van der Waals surface area contributed by atoms with Crippen LogP contribution in [-0.2, 0) is 9.53 Å². The van der Waals surface area contributed by atoms with Gasteiger partial charge in [0.15, 0.2) is 6.10 Å². The highest BCUT2D eigenvalue weighted by Crippen LogP contribution is 2.31. The molecule has 0 saturated carbocycles. The van der Waals surface area contributed by atoms with Gasteiger partial charge in [0.2, 0.25) is 0 Å². The molecule has 0 saturated heterocycles. The number of carbonyl (C=O) groups excluding carboxylic acids is 1. The van der Waals surface area contributed by atoms with Crippen LogP contribution in [0.25, 0.3) is 0 Å². The number of aromatic hydroxyl groups is 2. The quantitative estimate of drug-likeness (QED) is 0.616. The van der Waals surface area contributed by atoms with Crippen LogP contribution >= 0.6 is 0 Å². The van der Waals surface area contributed by atoms with Gasteiger partial charge in [-0.3, -0.25) is 0 Å². The number of aliphatic hydroxyl groups excluding tert-OH is 1. The fraction of sp³-hybridized carbons (Fsp3) is 0.200. The minimum Gasteiger partial charge on any atom is -0.507 e. The van der Waals surface area contributed by atoms with E-state index in [2.05, 4.69) is 4.74 Å². The Morgan fingerprint density at radius 1 is 1.44 bits per heavy atom. The third-order valence-corrected chi connectivity index (χ3v) is 1.98. The number of nitrogens with zero attached hydrogens (tertiary/aromatic N) is 1. The van der Waals surface area contributed by atoms with Gasteiger partial charge in [-0.15, -0.1) is 0 Å². The molecule has 16 heavy (non-hydrogen) atoms. The number of hydrogen-bond donors (Lipinski definition) is 3. The highest BCUT2D eigenvalue weighted by Gasteiger charge is 2.23. The molecule has 6 nitrogen and oxygen atoms in total. The molecular formula is C10H9NO5. The van der Waals surface area contributed by atoms with Crippen LogP contribution in [0.3, 0.4) is 0 Å². The summed E-state index contributed by atoms with van der Waals surface area (Å²) in [6.45, 7) is 0. The number of aliphatic hydroxyl groups is 1. The molecule has 0 aliphatic heterocycles. The molecule has 3 N–H and O–H groups in total. The van der Waals surface area contributed by atoms with Crippen LogP contribution in [0.1, 0.15) is 17.2 Å². The monoisotopic (exact) mass is 223 g/mol. The minimum atomic E-state index is -1.70. The first-order valence-corrected chi connectivity index (χ1v) is 4.23. The van der Waals surface area contributed by atoms with E-state index in [1.807, 2.05) is 0 Å². The highest BCUT2D eigenvalue weighted by atomic mass is 16.5. The molecule has 0 bridgehead atoms. The van der Waals surface area contributed by atoms with E-state index in [9.17, 15) is 20.1 Å². The molecule has 0 aliphatic rings. The van der Waals surface area contributed by atoms with E-state index >= 15 is 0 Å². The molecule has 0 amide bonds. The van der Waals surface area contributed by atoms with Gasteiger partial charge in [0.25, 0.3) is 0 Å². The molecule has 0 spiro atoms. The van der Waals surface area contributed by atoms with Gasteiger partial charge in [-0.05, 0) is 6.07 Å². The van der Waals surface area contributed by atoms with E-state index in [4.69, 9.17) is 5.26 Å². The predicted octanol–water partition coefficient (Wildman–Crippen LogP) is 0.176. The molecule has 84 valence electrons. The lowest BCUT2D eigenvalue weighted by Gasteiger charge is -2.11. The van der Waals surface area contributed by atoms with E-state index in [0.717, 1.165) is 19.2 Å². The molecule has 1 aromatic carbocycles. The predicted molar refractivity (Wildman–Crippen MR) is 51.5 cm³/mol. The zero-order valence-corrected chi connectivity index (χ0v) is 8.34. The normalized spacial score (nSPS) is 11.6. The van der Waals surface area contributed by atoms with Crippen molar-refractivity contribution in [2.24, 2.45) is 0 Å². The topological polar surface area (TPSA) is 111 Å². The molecule has 0 aromatic heterocycles. The Balaban J connectivity index is 3.25. The maximum Gasteiger partial charge on any atom is 0.339 e. The van der Waals surface area contributed by atoms with Crippen molar-refractivity contribution in [2.75, 3.05) is 7.11 Å². The average Bonchev–Trinajstić information content (AvgIpc) is 2.27. The summed E-state index contributed by atoms with van der Waals surface area (Å²) in [6, 6.07) is 3.55. The SMILES string of the molecule is COC(=O)C(O)c1cc(C#N)c(O)cc1O. The largest absolute Gasteiger partial charge is 0.507 e. The van der Waals surface area contributed by atoms with Crippen molar-refractivity contribution in [2.45, 2.75) is 6.10 Å². The Morgan fingerprint density at radius 3 is 2.56 bits per heavy atom. The number of ether oxygens (including phenoxy) is 1. The van der Waals surface area contributed by atoms with Crippen molar-refractivity contribution < 1.29 is 24.9 Å². The van der Waals surface area contributed by atoms with Gasteiger partial charge in [-0.1, -0.05) is 0 Å². The van der Waals surface area contributed by atoms with Gasteiger partial charge >= 0.3 is 5.97 Å². The zero-order valence-electron chi connectivity index (χ0n) is 8.34. The summed E-state index contributed by atoms with van der Waals surface area (Å²) < 4.78 is 4.28. The van der Waals surface area contributed by atoms with Crippen molar-refractivity contribution in [3.8, 4) is 17.6 Å². The van der Waals surface area contributed by atoms with Crippen LogP contribution in [0.15, 0.2) is 12.1 Å². The maximum atomic E-state index is 11.0. The van der Waals surface area contributed by atoms with Crippen molar-refractivity contribution >= 4 is 5.97 Å². The van der Waals surface area contributed by atoms with Gasteiger partial charge in [-0.2, -0.15) is 5.26 Å². The third-order valence-electron chi connectivity index (χ3n) is 1.98. The number of esters is 1. The number of nitriles is 1. The standard InChI is InChI=1S/C10H9NO5/c1-16-10(15)9(14)6-2-5(4-11)7(12)3-8(6)13/h2-3,9,12-14H,1H3. The summed E-state index contributed by atoms with van der Waals surface area (Å²) in [5.74, 6) is -1.89. The molecule has 1 aromatic rings. The number of hydrogen-bond acceptors (Lipinski definition) is 6. The van der Waals surface area contributed by atoms with Crippen molar-refractivity contribution in [3.05, 3.63) is 23.3 Å². The van der Waals surface area contributed by atoms with Crippen molar-refractivity contribution in [1.82, 2.24) is 0 Å². The van der Waals surface area contributed by atoms with Gasteiger partial charge in [0.05, 0.1) is 12.7 Å². The first kappa shape index (κ1) is 11.8. The number of rotatable bonds is 2. The molecule has 1 unspecified atom stereocenters. The van der Waals surface area contributed by atoms with Crippen LogP contribution in [0.2, 0.25) is 0 Å². The molecular weight excluding hydrogens is 214 g/mol. The van der Waals surface area contributed by atoms with Gasteiger partial charge < -0.3 is 20.1 Å². The summed E-state index contributed by atoms with van der Waals surface area (Å²) in [6.07, 6.45) is -1.70. The summed E-state index contributed by atoms with van der Waals surface area (Å²) >= 11 is 0. The second-order valence-corrected chi connectivity index (χ2v) is 2.97. The van der Waals surface area contributed by atoms with Gasteiger partial charge in [-0.25, -0.2) is 4.79 Å². The first-order valence-electron chi connectivity index (χ1n) is 4.23. The Labute approximate surface area is 90.9 Å². The van der Waals surface area contributed by atoms with Gasteiger partial charge in [0, 0.05) is 11.6 Å². The van der Waals surface area contributed by atoms with E-state index < -0.39 is 23.6 Å². The van der Waals surface area contributed by atoms with Crippen LogP contribution in [0.5, 0.6) is 11.5 Å². The van der Waals surface area contributed by atoms with E-state index in [1.165, 1.54) is 0 Å². The fourth-order valence-corrected chi connectivity index (χ4v) is 1.14. The second kappa shape index (κ2) is 4.51. The number of methoxy groups -OCH3 is 1. The molecule has 1 rings (SSSR count). The van der Waals surface area contributed by atoms with E-state index in [0.29, 0.717) is 0 Å². The first-order chi connectivity index (χ1) is 7.51. The molecule has 6 heteroatoms. The second-order valence-electron chi connectivity index (χ2n) is 2.97. The van der Waals surface area contributed by atoms with Crippen LogP contribution in [0.4, 0.5) is 0 Å². The molecule has 0 radical (unpaired) electrons. The van der Waals surface area contributed by atoms with Crippen molar-refractivity contribution in [3.63, 3.8) is 0 Å². The molecule has 0 fully saturated rings. The van der Waals surface area contributed by atoms with Crippen LogP contribution in [-0.4, -0.2) is 28.4 Å². The van der Waals surface area contributed by atoms with Gasteiger partial charge in [0.1, 0.15) is 17.6 Å². The Hall–Kier alpha value is -2.26. The Morgan fingerprint density at radius 2 is 2.06 bits per heavy atom. The smallest absolute Gasteiger partial charge is 0.339 e. The zero-order chi connectivity index (χ0) is 12.3. The lowest BCUT2D eigenvalue weighted by molar-refractivity contribution is -0.150. The lowest BCUT2D eigenvalue weighted by Crippen LogP contribution is -2.13. The summed E-state index contributed by atoms with van der Waals surface area (Å²) in [5.41, 5.74) is -0.350.